The number of nitrogens with two attached hydrogens (primary N) is 1. The monoisotopic (exact) mass is 268 g/mol. The zero-order valence-electron chi connectivity index (χ0n) is 12.3. The molecule has 2 rings (SSSR count). The Morgan fingerprint density at radius 1 is 1.42 bits per heavy atom. The third kappa shape index (κ3) is 3.48. The standard InChI is InChI=1S/C15H28N2O2/c1-3-14-10-19-11(2)9-17(14)15(18)13-6-4-5-12(7-13)8-16/h11-14H,3-10,16H2,1-2H3. The normalized spacial score (nSPS) is 36.3. The first-order chi connectivity index (χ1) is 9.15. The Hall–Kier alpha value is -0.610. The quantitative estimate of drug-likeness (QED) is 0.849. The molecule has 2 fully saturated rings. The maximum absolute atomic E-state index is 12.8. The highest BCUT2D eigenvalue weighted by Crippen LogP contribution is 2.31. The molecule has 110 valence electrons. The molecule has 1 amide bonds. The van der Waals surface area contributed by atoms with Crippen molar-refractivity contribution in [2.45, 2.75) is 58.1 Å². The Morgan fingerprint density at radius 3 is 2.89 bits per heavy atom. The molecule has 0 spiro atoms. The molecule has 4 heteroatoms. The fourth-order valence-corrected chi connectivity index (χ4v) is 3.42. The number of nitrogens with zero attached hydrogens (tertiary/aromatic N) is 1. The summed E-state index contributed by atoms with van der Waals surface area (Å²) < 4.78 is 5.68. The van der Waals surface area contributed by atoms with E-state index >= 15 is 0 Å². The maximum atomic E-state index is 12.8. The molecule has 1 saturated heterocycles. The van der Waals surface area contributed by atoms with Gasteiger partial charge in [-0.2, -0.15) is 0 Å². The van der Waals surface area contributed by atoms with Crippen LogP contribution in [0.5, 0.6) is 0 Å². The van der Waals surface area contributed by atoms with Crippen molar-refractivity contribution in [1.82, 2.24) is 4.90 Å². The van der Waals surface area contributed by atoms with Gasteiger partial charge in [-0.05, 0) is 45.1 Å². The van der Waals surface area contributed by atoms with Crippen LogP contribution < -0.4 is 5.73 Å². The SMILES string of the molecule is CCC1COC(C)CN1C(=O)C1CCCC(CN)C1. The minimum absolute atomic E-state index is 0.167. The molecular formula is C15H28N2O2. The van der Waals surface area contributed by atoms with E-state index in [-0.39, 0.29) is 18.1 Å². The van der Waals surface area contributed by atoms with Crippen molar-refractivity contribution in [2.75, 3.05) is 19.7 Å². The molecule has 0 aromatic heterocycles. The van der Waals surface area contributed by atoms with Crippen LogP contribution in [0.1, 0.15) is 46.0 Å². The van der Waals surface area contributed by atoms with Crippen LogP contribution in [0.4, 0.5) is 0 Å². The lowest BCUT2D eigenvalue weighted by Gasteiger charge is -2.41. The summed E-state index contributed by atoms with van der Waals surface area (Å²) in [6.07, 6.45) is 5.51. The van der Waals surface area contributed by atoms with Crippen LogP contribution in [0.15, 0.2) is 0 Å². The number of rotatable bonds is 3. The van der Waals surface area contributed by atoms with Gasteiger partial charge in [-0.25, -0.2) is 0 Å². The second-order valence-corrected chi connectivity index (χ2v) is 6.16. The van der Waals surface area contributed by atoms with Crippen molar-refractivity contribution in [3.63, 3.8) is 0 Å². The summed E-state index contributed by atoms with van der Waals surface area (Å²) >= 11 is 0. The van der Waals surface area contributed by atoms with Crippen LogP contribution in [0.3, 0.4) is 0 Å². The number of hydrogen-bond acceptors (Lipinski definition) is 3. The van der Waals surface area contributed by atoms with E-state index in [1.807, 2.05) is 0 Å². The van der Waals surface area contributed by atoms with E-state index in [1.54, 1.807) is 0 Å². The van der Waals surface area contributed by atoms with Crippen LogP contribution in [0.25, 0.3) is 0 Å². The van der Waals surface area contributed by atoms with Crippen molar-refractivity contribution < 1.29 is 9.53 Å². The van der Waals surface area contributed by atoms with Crippen molar-refractivity contribution in [3.05, 3.63) is 0 Å². The predicted octanol–water partition coefficient (Wildman–Crippen LogP) is 1.78. The van der Waals surface area contributed by atoms with Crippen molar-refractivity contribution >= 4 is 5.91 Å². The third-order valence-electron chi connectivity index (χ3n) is 4.69. The zero-order valence-corrected chi connectivity index (χ0v) is 12.3. The number of hydrogen-bond donors (Lipinski definition) is 1. The van der Waals surface area contributed by atoms with Crippen LogP contribution in [0.2, 0.25) is 0 Å². The van der Waals surface area contributed by atoms with Gasteiger partial charge in [-0.3, -0.25) is 4.79 Å². The highest BCUT2D eigenvalue weighted by Gasteiger charge is 2.35. The lowest BCUT2D eigenvalue weighted by Crippen LogP contribution is -2.53. The number of carbonyl (C=O) groups excluding carboxylic acids is 1. The fourth-order valence-electron chi connectivity index (χ4n) is 3.42. The first-order valence-electron chi connectivity index (χ1n) is 7.77. The van der Waals surface area contributed by atoms with Gasteiger partial charge in [0.2, 0.25) is 5.91 Å². The summed E-state index contributed by atoms with van der Waals surface area (Å²) in [4.78, 5) is 14.8. The minimum atomic E-state index is 0.167. The largest absolute Gasteiger partial charge is 0.375 e. The third-order valence-corrected chi connectivity index (χ3v) is 4.69. The smallest absolute Gasteiger partial charge is 0.226 e. The average Bonchev–Trinajstić information content (AvgIpc) is 2.46. The van der Waals surface area contributed by atoms with Gasteiger partial charge >= 0.3 is 0 Å². The summed E-state index contributed by atoms with van der Waals surface area (Å²) in [5.41, 5.74) is 5.77. The molecule has 2 N–H and O–H groups in total. The molecule has 2 aliphatic rings. The predicted molar refractivity (Wildman–Crippen MR) is 75.7 cm³/mol. The number of carbonyl (C=O) groups is 1. The molecule has 1 aliphatic carbocycles. The first kappa shape index (κ1) is 14.8. The molecule has 19 heavy (non-hydrogen) atoms. The highest BCUT2D eigenvalue weighted by atomic mass is 16.5. The van der Waals surface area contributed by atoms with Gasteiger partial charge in [0.25, 0.3) is 0 Å². The van der Waals surface area contributed by atoms with E-state index in [9.17, 15) is 4.79 Å². The Labute approximate surface area is 116 Å². The van der Waals surface area contributed by atoms with E-state index < -0.39 is 0 Å². The second kappa shape index (κ2) is 6.71. The second-order valence-electron chi connectivity index (χ2n) is 6.16. The van der Waals surface area contributed by atoms with Gasteiger partial charge in [0.05, 0.1) is 18.8 Å². The summed E-state index contributed by atoms with van der Waals surface area (Å²) in [6.45, 7) is 6.35. The molecule has 1 heterocycles. The molecule has 0 bridgehead atoms. The lowest BCUT2D eigenvalue weighted by molar-refractivity contribution is -0.150. The van der Waals surface area contributed by atoms with Crippen molar-refractivity contribution in [1.29, 1.82) is 0 Å². The van der Waals surface area contributed by atoms with Crippen LogP contribution in [-0.2, 0) is 9.53 Å². The van der Waals surface area contributed by atoms with Crippen molar-refractivity contribution in [2.24, 2.45) is 17.6 Å². The fraction of sp³-hybridized carbons (Fsp3) is 0.933. The number of morpholine rings is 1. The molecule has 0 radical (unpaired) electrons. The molecule has 1 saturated carbocycles. The van der Waals surface area contributed by atoms with Gasteiger partial charge in [0, 0.05) is 12.5 Å². The number of amides is 1. The van der Waals surface area contributed by atoms with Gasteiger partial charge < -0.3 is 15.4 Å². The van der Waals surface area contributed by atoms with E-state index in [4.69, 9.17) is 10.5 Å². The lowest BCUT2D eigenvalue weighted by atomic mass is 9.80. The molecule has 0 aromatic carbocycles. The summed E-state index contributed by atoms with van der Waals surface area (Å²) in [7, 11) is 0. The average molecular weight is 268 g/mol. The molecular weight excluding hydrogens is 240 g/mol. The van der Waals surface area contributed by atoms with E-state index in [2.05, 4.69) is 18.7 Å². The molecule has 1 aliphatic heterocycles. The van der Waals surface area contributed by atoms with Gasteiger partial charge in [0.1, 0.15) is 0 Å². The van der Waals surface area contributed by atoms with E-state index in [0.29, 0.717) is 18.4 Å². The topological polar surface area (TPSA) is 55.6 Å². The Bertz CT molecular complexity index is 309. The molecule has 0 aromatic rings. The Morgan fingerprint density at radius 2 is 2.21 bits per heavy atom. The van der Waals surface area contributed by atoms with Gasteiger partial charge in [0.15, 0.2) is 0 Å². The molecule has 4 nitrogen and oxygen atoms in total. The molecule has 4 unspecified atom stereocenters. The zero-order chi connectivity index (χ0) is 13.8. The van der Waals surface area contributed by atoms with Gasteiger partial charge in [-0.1, -0.05) is 13.3 Å². The van der Waals surface area contributed by atoms with Crippen LogP contribution in [-0.4, -0.2) is 42.6 Å². The van der Waals surface area contributed by atoms with E-state index in [0.717, 1.165) is 38.8 Å². The summed E-state index contributed by atoms with van der Waals surface area (Å²) in [5, 5.41) is 0. The Balaban J connectivity index is 2.00. The highest BCUT2D eigenvalue weighted by molar-refractivity contribution is 5.79. The van der Waals surface area contributed by atoms with E-state index in [1.165, 1.54) is 6.42 Å². The number of ether oxygens (including phenoxy) is 1. The van der Waals surface area contributed by atoms with Crippen LogP contribution >= 0.6 is 0 Å². The summed E-state index contributed by atoms with van der Waals surface area (Å²) in [5.74, 6) is 1.09. The maximum Gasteiger partial charge on any atom is 0.226 e. The summed E-state index contributed by atoms with van der Waals surface area (Å²) in [6, 6.07) is 0.266. The van der Waals surface area contributed by atoms with Crippen LogP contribution in [0, 0.1) is 11.8 Å². The van der Waals surface area contributed by atoms with Gasteiger partial charge in [-0.15, -0.1) is 0 Å². The minimum Gasteiger partial charge on any atom is -0.375 e. The Kier molecular flexibility index (Phi) is 5.22. The molecule has 4 atom stereocenters. The van der Waals surface area contributed by atoms with Crippen molar-refractivity contribution in [3.8, 4) is 0 Å². The first-order valence-corrected chi connectivity index (χ1v) is 7.77.